The average Bonchev–Trinajstić information content (AvgIpc) is 2.53. The third-order valence-electron chi connectivity index (χ3n) is 3.35. The molecule has 0 aliphatic rings. The summed E-state index contributed by atoms with van der Waals surface area (Å²) in [5.74, 6) is 0.856. The molecular weight excluding hydrogens is 248 g/mol. The molecule has 1 N–H and O–H groups in total. The number of hydrogen-bond acceptors (Lipinski definition) is 3. The van der Waals surface area contributed by atoms with Gasteiger partial charge < -0.3 is 10.1 Å². The highest BCUT2D eigenvalue weighted by molar-refractivity contribution is 5.85. The number of nitrogens with zero attached hydrogens (tertiary/aromatic N) is 1. The topological polar surface area (TPSA) is 34.1 Å². The second-order valence-electron chi connectivity index (χ2n) is 4.57. The summed E-state index contributed by atoms with van der Waals surface area (Å²) in [7, 11) is 1.68. The van der Waals surface area contributed by atoms with Crippen molar-refractivity contribution in [2.24, 2.45) is 0 Å². The second kappa shape index (κ2) is 5.61. The van der Waals surface area contributed by atoms with Crippen LogP contribution in [0.15, 0.2) is 60.9 Å². The first-order valence-electron chi connectivity index (χ1n) is 6.57. The van der Waals surface area contributed by atoms with Gasteiger partial charge in [-0.3, -0.25) is 4.98 Å². The van der Waals surface area contributed by atoms with E-state index in [1.165, 1.54) is 10.9 Å². The lowest BCUT2D eigenvalue weighted by atomic mass is 10.1. The molecule has 3 rings (SSSR count). The summed E-state index contributed by atoms with van der Waals surface area (Å²) in [6, 6.07) is 16.3. The lowest BCUT2D eigenvalue weighted by molar-refractivity contribution is 0.416. The maximum atomic E-state index is 5.35. The van der Waals surface area contributed by atoms with Crippen molar-refractivity contribution in [2.75, 3.05) is 12.4 Å². The molecule has 2 aromatic carbocycles. The Balaban J connectivity index is 1.87. The van der Waals surface area contributed by atoms with Gasteiger partial charge in [-0.05, 0) is 29.1 Å². The fraction of sp³-hybridized carbons (Fsp3) is 0.118. The van der Waals surface area contributed by atoms with Crippen molar-refractivity contribution in [3.05, 3.63) is 66.5 Å². The molecule has 0 saturated carbocycles. The average molecular weight is 264 g/mol. The van der Waals surface area contributed by atoms with E-state index in [2.05, 4.69) is 34.6 Å². The van der Waals surface area contributed by atoms with Crippen LogP contribution in [0.1, 0.15) is 5.56 Å². The van der Waals surface area contributed by atoms with Gasteiger partial charge in [0.15, 0.2) is 0 Å². The molecule has 100 valence electrons. The summed E-state index contributed by atoms with van der Waals surface area (Å²) in [4.78, 5) is 4.16. The van der Waals surface area contributed by atoms with Gasteiger partial charge in [-0.25, -0.2) is 0 Å². The van der Waals surface area contributed by atoms with E-state index in [1.54, 1.807) is 7.11 Å². The largest absolute Gasteiger partial charge is 0.495 e. The number of methoxy groups -OCH3 is 1. The molecule has 1 heterocycles. The molecule has 3 aromatic rings. The van der Waals surface area contributed by atoms with E-state index in [1.807, 2.05) is 36.7 Å². The summed E-state index contributed by atoms with van der Waals surface area (Å²) < 4.78 is 5.35. The summed E-state index contributed by atoms with van der Waals surface area (Å²) >= 11 is 0. The Kier molecular flexibility index (Phi) is 3.50. The highest BCUT2D eigenvalue weighted by Gasteiger charge is 2.03. The van der Waals surface area contributed by atoms with Gasteiger partial charge in [0.2, 0.25) is 0 Å². The molecule has 0 amide bonds. The van der Waals surface area contributed by atoms with Gasteiger partial charge in [0.25, 0.3) is 0 Å². The third-order valence-corrected chi connectivity index (χ3v) is 3.35. The van der Waals surface area contributed by atoms with E-state index in [0.717, 1.165) is 23.4 Å². The summed E-state index contributed by atoms with van der Waals surface area (Å²) in [6.45, 7) is 0.752. The Hall–Kier alpha value is -2.55. The minimum absolute atomic E-state index is 0.752. The molecule has 0 aliphatic carbocycles. The van der Waals surface area contributed by atoms with Gasteiger partial charge >= 0.3 is 0 Å². The minimum atomic E-state index is 0.752. The molecule has 0 spiro atoms. The van der Waals surface area contributed by atoms with E-state index in [9.17, 15) is 0 Å². The van der Waals surface area contributed by atoms with Gasteiger partial charge in [0, 0.05) is 24.3 Å². The number of anilines is 1. The molecule has 0 fully saturated rings. The van der Waals surface area contributed by atoms with Crippen molar-refractivity contribution < 1.29 is 4.74 Å². The highest BCUT2D eigenvalue weighted by Crippen LogP contribution is 2.25. The number of para-hydroxylation sites is 2. The molecule has 3 heteroatoms. The van der Waals surface area contributed by atoms with Crippen molar-refractivity contribution >= 4 is 16.5 Å². The molecule has 0 radical (unpaired) electrons. The number of ether oxygens (including phenoxy) is 1. The van der Waals surface area contributed by atoms with E-state index in [-0.39, 0.29) is 0 Å². The molecule has 0 bridgehead atoms. The van der Waals surface area contributed by atoms with Gasteiger partial charge in [0.1, 0.15) is 5.75 Å². The first-order chi connectivity index (χ1) is 9.88. The van der Waals surface area contributed by atoms with Crippen LogP contribution >= 0.6 is 0 Å². The van der Waals surface area contributed by atoms with E-state index >= 15 is 0 Å². The Morgan fingerprint density at radius 1 is 1.05 bits per heavy atom. The predicted octanol–water partition coefficient (Wildman–Crippen LogP) is 3.86. The van der Waals surface area contributed by atoms with Crippen LogP contribution in [0.25, 0.3) is 10.8 Å². The van der Waals surface area contributed by atoms with Gasteiger partial charge in [-0.2, -0.15) is 0 Å². The smallest absolute Gasteiger partial charge is 0.141 e. The molecule has 0 unspecified atom stereocenters. The molecule has 0 saturated heterocycles. The lowest BCUT2D eigenvalue weighted by Crippen LogP contribution is -2.01. The Bertz CT molecular complexity index is 720. The van der Waals surface area contributed by atoms with Crippen LogP contribution in [0.5, 0.6) is 5.75 Å². The van der Waals surface area contributed by atoms with Crippen molar-refractivity contribution in [3.63, 3.8) is 0 Å². The van der Waals surface area contributed by atoms with Crippen LogP contribution in [0.3, 0.4) is 0 Å². The number of aromatic nitrogens is 1. The van der Waals surface area contributed by atoms with E-state index in [0.29, 0.717) is 0 Å². The quantitative estimate of drug-likeness (QED) is 0.777. The number of fused-ring (bicyclic) bond motifs is 1. The van der Waals surface area contributed by atoms with E-state index < -0.39 is 0 Å². The maximum absolute atomic E-state index is 5.35. The maximum Gasteiger partial charge on any atom is 0.141 e. The van der Waals surface area contributed by atoms with Gasteiger partial charge in [-0.15, -0.1) is 0 Å². The second-order valence-corrected chi connectivity index (χ2v) is 4.57. The fourth-order valence-electron chi connectivity index (χ4n) is 2.32. The number of rotatable bonds is 4. The predicted molar refractivity (Wildman–Crippen MR) is 82.1 cm³/mol. The van der Waals surface area contributed by atoms with Crippen molar-refractivity contribution in [1.82, 2.24) is 4.98 Å². The lowest BCUT2D eigenvalue weighted by Gasteiger charge is -2.12. The normalized spacial score (nSPS) is 10.4. The third kappa shape index (κ3) is 2.43. The molecule has 20 heavy (non-hydrogen) atoms. The van der Waals surface area contributed by atoms with Crippen LogP contribution in [-0.4, -0.2) is 12.1 Å². The Labute approximate surface area is 118 Å². The van der Waals surface area contributed by atoms with E-state index in [4.69, 9.17) is 4.74 Å². The molecule has 0 aliphatic heterocycles. The fourth-order valence-corrected chi connectivity index (χ4v) is 2.32. The molecular formula is C17H16N2O. The monoisotopic (exact) mass is 264 g/mol. The SMILES string of the molecule is COc1ccccc1NCc1cccc2cnccc12. The Morgan fingerprint density at radius 2 is 1.95 bits per heavy atom. The molecule has 3 nitrogen and oxygen atoms in total. The summed E-state index contributed by atoms with van der Waals surface area (Å²) in [6.07, 6.45) is 3.72. The van der Waals surface area contributed by atoms with Crippen molar-refractivity contribution in [1.29, 1.82) is 0 Å². The zero-order valence-electron chi connectivity index (χ0n) is 11.3. The number of hydrogen-bond donors (Lipinski definition) is 1. The van der Waals surface area contributed by atoms with Gasteiger partial charge in [0.05, 0.1) is 12.8 Å². The van der Waals surface area contributed by atoms with Crippen LogP contribution < -0.4 is 10.1 Å². The number of pyridine rings is 1. The summed E-state index contributed by atoms with van der Waals surface area (Å²) in [5, 5.41) is 5.81. The number of nitrogens with one attached hydrogen (secondary N) is 1. The first-order valence-corrected chi connectivity index (χ1v) is 6.57. The Morgan fingerprint density at radius 3 is 2.85 bits per heavy atom. The van der Waals surface area contributed by atoms with Crippen LogP contribution in [-0.2, 0) is 6.54 Å². The first kappa shape index (κ1) is 12.5. The summed E-state index contributed by atoms with van der Waals surface area (Å²) in [5.41, 5.74) is 2.25. The molecule has 1 aromatic heterocycles. The van der Waals surface area contributed by atoms with Crippen LogP contribution in [0.4, 0.5) is 5.69 Å². The highest BCUT2D eigenvalue weighted by atomic mass is 16.5. The van der Waals surface area contributed by atoms with Crippen molar-refractivity contribution in [2.45, 2.75) is 6.54 Å². The number of benzene rings is 2. The zero-order chi connectivity index (χ0) is 13.8. The van der Waals surface area contributed by atoms with Crippen LogP contribution in [0.2, 0.25) is 0 Å². The van der Waals surface area contributed by atoms with Gasteiger partial charge in [-0.1, -0.05) is 30.3 Å². The minimum Gasteiger partial charge on any atom is -0.495 e. The molecule has 0 atom stereocenters. The van der Waals surface area contributed by atoms with Crippen molar-refractivity contribution in [3.8, 4) is 5.75 Å². The van der Waals surface area contributed by atoms with Crippen LogP contribution in [0, 0.1) is 0 Å². The zero-order valence-corrected chi connectivity index (χ0v) is 11.3. The standard InChI is InChI=1S/C17H16N2O/c1-20-17-8-3-2-7-16(17)19-12-14-6-4-5-13-11-18-10-9-15(13)14/h2-11,19H,12H2,1H3.